The van der Waals surface area contributed by atoms with E-state index in [0.29, 0.717) is 20.8 Å². The molecule has 2 amide bonds. The fourth-order valence-corrected chi connectivity index (χ4v) is 3.75. The zero-order valence-corrected chi connectivity index (χ0v) is 21.3. The molecule has 0 aromatic heterocycles. The van der Waals surface area contributed by atoms with E-state index in [-0.39, 0.29) is 31.0 Å². The summed E-state index contributed by atoms with van der Waals surface area (Å²) in [6.45, 7) is 5.46. The minimum absolute atomic E-state index is 0.00491. The van der Waals surface area contributed by atoms with E-state index < -0.39 is 6.04 Å². The second-order valence-electron chi connectivity index (χ2n) is 7.13. The third-order valence-electron chi connectivity index (χ3n) is 4.75. The lowest BCUT2D eigenvalue weighted by atomic mass is 10.1. The molecule has 0 fully saturated rings. The van der Waals surface area contributed by atoms with Crippen LogP contribution in [0.4, 0.5) is 0 Å². The lowest BCUT2D eigenvalue weighted by Gasteiger charge is -2.29. The standard InChI is InChI=1S/C22H24BrCl3N2O3/c1-4-13(2)27-22(30)14(3)28(11-15-5-7-17(24)18(25)9-15)21(29)12-31-20-8-6-16(23)10-19(20)26/h5-10,13-14H,4,11-12H2,1-3H3,(H,27,30)/t13-,14-/m1/s1. The Labute approximate surface area is 206 Å². The van der Waals surface area contributed by atoms with Crippen LogP contribution in [0.25, 0.3) is 0 Å². The summed E-state index contributed by atoms with van der Waals surface area (Å²) in [6, 6.07) is 9.48. The highest BCUT2D eigenvalue weighted by molar-refractivity contribution is 9.10. The van der Waals surface area contributed by atoms with E-state index >= 15 is 0 Å². The number of nitrogens with zero attached hydrogens (tertiary/aromatic N) is 1. The lowest BCUT2D eigenvalue weighted by Crippen LogP contribution is -2.50. The van der Waals surface area contributed by atoms with Crippen LogP contribution in [0.1, 0.15) is 32.8 Å². The molecule has 9 heteroatoms. The van der Waals surface area contributed by atoms with Crippen LogP contribution in [0.15, 0.2) is 40.9 Å². The van der Waals surface area contributed by atoms with Gasteiger partial charge in [0.25, 0.3) is 5.91 Å². The Morgan fingerprint density at radius 2 is 1.77 bits per heavy atom. The van der Waals surface area contributed by atoms with Crippen LogP contribution in [-0.4, -0.2) is 35.4 Å². The van der Waals surface area contributed by atoms with E-state index in [1.165, 1.54) is 4.90 Å². The maximum Gasteiger partial charge on any atom is 0.261 e. The average molecular weight is 551 g/mol. The quantitative estimate of drug-likeness (QED) is 0.409. The second-order valence-corrected chi connectivity index (χ2v) is 9.26. The van der Waals surface area contributed by atoms with Crippen LogP contribution in [0.2, 0.25) is 15.1 Å². The molecule has 0 aliphatic carbocycles. The summed E-state index contributed by atoms with van der Waals surface area (Å²) >= 11 is 21.6. The van der Waals surface area contributed by atoms with Gasteiger partial charge in [-0.2, -0.15) is 0 Å². The zero-order chi connectivity index (χ0) is 23.1. The van der Waals surface area contributed by atoms with E-state index in [9.17, 15) is 9.59 Å². The number of carbonyl (C=O) groups excluding carboxylic acids is 2. The molecule has 0 heterocycles. The summed E-state index contributed by atoms with van der Waals surface area (Å²) in [4.78, 5) is 27.2. The first-order chi connectivity index (χ1) is 14.6. The van der Waals surface area contributed by atoms with Crippen LogP contribution in [-0.2, 0) is 16.1 Å². The molecule has 0 saturated heterocycles. The number of halogens is 4. The Bertz CT molecular complexity index is 942. The molecule has 31 heavy (non-hydrogen) atoms. The van der Waals surface area contributed by atoms with E-state index in [4.69, 9.17) is 39.5 Å². The summed E-state index contributed by atoms with van der Waals surface area (Å²) in [5.41, 5.74) is 0.743. The molecule has 0 unspecified atom stereocenters. The van der Waals surface area contributed by atoms with Crippen molar-refractivity contribution >= 4 is 62.5 Å². The van der Waals surface area contributed by atoms with Gasteiger partial charge in [0.1, 0.15) is 11.8 Å². The van der Waals surface area contributed by atoms with E-state index in [1.54, 1.807) is 43.3 Å². The van der Waals surface area contributed by atoms with Gasteiger partial charge in [-0.15, -0.1) is 0 Å². The Hall–Kier alpha value is -1.47. The molecule has 0 radical (unpaired) electrons. The largest absolute Gasteiger partial charge is 0.482 e. The van der Waals surface area contributed by atoms with Gasteiger partial charge >= 0.3 is 0 Å². The summed E-state index contributed by atoms with van der Waals surface area (Å²) in [5.74, 6) is -0.231. The fourth-order valence-electron chi connectivity index (χ4n) is 2.70. The molecule has 1 N–H and O–H groups in total. The van der Waals surface area contributed by atoms with Crippen molar-refractivity contribution in [2.45, 2.75) is 45.8 Å². The highest BCUT2D eigenvalue weighted by atomic mass is 79.9. The number of hydrogen-bond donors (Lipinski definition) is 1. The molecular formula is C22H24BrCl3N2O3. The number of ether oxygens (including phenoxy) is 1. The highest BCUT2D eigenvalue weighted by Crippen LogP contribution is 2.28. The number of hydrogen-bond acceptors (Lipinski definition) is 3. The SMILES string of the molecule is CC[C@@H](C)NC(=O)[C@@H](C)N(Cc1ccc(Cl)c(Cl)c1)C(=O)COc1ccc(Br)cc1Cl. The van der Waals surface area contributed by atoms with Crippen molar-refractivity contribution in [1.82, 2.24) is 10.2 Å². The van der Waals surface area contributed by atoms with Gasteiger partial charge in [0, 0.05) is 17.1 Å². The Balaban J connectivity index is 2.20. The summed E-state index contributed by atoms with van der Waals surface area (Å²) in [6.07, 6.45) is 0.782. The molecule has 2 aromatic rings. The first kappa shape index (κ1) is 25.8. The van der Waals surface area contributed by atoms with Gasteiger partial charge in [-0.05, 0) is 56.2 Å². The van der Waals surface area contributed by atoms with Crippen LogP contribution >= 0.6 is 50.7 Å². The van der Waals surface area contributed by atoms with Crippen molar-refractivity contribution in [2.75, 3.05) is 6.61 Å². The summed E-state index contributed by atoms with van der Waals surface area (Å²) < 4.78 is 6.42. The third kappa shape index (κ3) is 7.56. The molecule has 2 rings (SSSR count). The minimum Gasteiger partial charge on any atom is -0.482 e. The van der Waals surface area contributed by atoms with Crippen molar-refractivity contribution in [3.63, 3.8) is 0 Å². The first-order valence-corrected chi connectivity index (χ1v) is 11.7. The van der Waals surface area contributed by atoms with Crippen molar-refractivity contribution < 1.29 is 14.3 Å². The zero-order valence-electron chi connectivity index (χ0n) is 17.4. The number of amides is 2. The fraction of sp³-hybridized carbons (Fsp3) is 0.364. The summed E-state index contributed by atoms with van der Waals surface area (Å²) in [5, 5.41) is 4.08. The summed E-state index contributed by atoms with van der Waals surface area (Å²) in [7, 11) is 0. The second kappa shape index (κ2) is 12.0. The van der Waals surface area contributed by atoms with Crippen LogP contribution in [0, 0.1) is 0 Å². The predicted octanol–water partition coefficient (Wildman–Crippen LogP) is 6.12. The Morgan fingerprint density at radius 3 is 2.39 bits per heavy atom. The lowest BCUT2D eigenvalue weighted by molar-refractivity contribution is -0.142. The van der Waals surface area contributed by atoms with Crippen LogP contribution < -0.4 is 10.1 Å². The van der Waals surface area contributed by atoms with Gasteiger partial charge in [0.2, 0.25) is 5.91 Å². The maximum absolute atomic E-state index is 13.1. The number of rotatable bonds is 9. The van der Waals surface area contributed by atoms with Crippen LogP contribution in [0.3, 0.4) is 0 Å². The van der Waals surface area contributed by atoms with Crippen molar-refractivity contribution in [3.8, 4) is 5.75 Å². The monoisotopic (exact) mass is 548 g/mol. The number of carbonyl (C=O) groups is 2. The van der Waals surface area contributed by atoms with Gasteiger partial charge < -0.3 is 15.0 Å². The normalized spacial score (nSPS) is 12.7. The topological polar surface area (TPSA) is 58.6 Å². The molecule has 5 nitrogen and oxygen atoms in total. The molecule has 168 valence electrons. The first-order valence-electron chi connectivity index (χ1n) is 9.74. The van der Waals surface area contributed by atoms with Gasteiger partial charge in [-0.1, -0.05) is 63.7 Å². The molecular weight excluding hydrogens is 527 g/mol. The predicted molar refractivity (Wildman–Crippen MR) is 129 cm³/mol. The molecule has 2 atom stereocenters. The van der Waals surface area contributed by atoms with Gasteiger partial charge in [0.05, 0.1) is 15.1 Å². The third-order valence-corrected chi connectivity index (χ3v) is 6.28. The maximum atomic E-state index is 13.1. The number of nitrogens with one attached hydrogen (secondary N) is 1. The average Bonchev–Trinajstić information content (AvgIpc) is 2.72. The molecule has 0 aliphatic rings. The van der Waals surface area contributed by atoms with Crippen molar-refractivity contribution in [2.24, 2.45) is 0 Å². The van der Waals surface area contributed by atoms with Crippen molar-refractivity contribution in [3.05, 3.63) is 61.5 Å². The van der Waals surface area contributed by atoms with E-state index in [1.807, 2.05) is 13.8 Å². The van der Waals surface area contributed by atoms with Gasteiger partial charge in [0.15, 0.2) is 6.61 Å². The highest BCUT2D eigenvalue weighted by Gasteiger charge is 2.27. The number of benzene rings is 2. The molecule has 0 aliphatic heterocycles. The molecule has 0 bridgehead atoms. The molecule has 2 aromatic carbocycles. The minimum atomic E-state index is -0.722. The molecule has 0 spiro atoms. The van der Waals surface area contributed by atoms with Gasteiger partial charge in [-0.25, -0.2) is 0 Å². The van der Waals surface area contributed by atoms with Crippen molar-refractivity contribution in [1.29, 1.82) is 0 Å². The van der Waals surface area contributed by atoms with Gasteiger partial charge in [-0.3, -0.25) is 9.59 Å². The smallest absolute Gasteiger partial charge is 0.261 e. The Morgan fingerprint density at radius 1 is 1.06 bits per heavy atom. The van der Waals surface area contributed by atoms with E-state index in [0.717, 1.165) is 16.5 Å². The Kier molecular flexibility index (Phi) is 9.94. The molecule has 0 saturated carbocycles. The van der Waals surface area contributed by atoms with Crippen LogP contribution in [0.5, 0.6) is 5.75 Å². The van der Waals surface area contributed by atoms with E-state index in [2.05, 4.69) is 21.2 Å².